The van der Waals surface area contributed by atoms with Crippen molar-refractivity contribution in [3.63, 3.8) is 0 Å². The SMILES string of the molecule is Cc1nc2c(-c3ccc(F)cc3F)nc(C3CCOC(/C(C=NC4CC4(F)F)=C/N)C3)cn2c(=O)c1C. The lowest BCUT2D eigenvalue weighted by atomic mass is 9.89. The van der Waals surface area contributed by atoms with Crippen LogP contribution in [0.15, 0.2) is 46.0 Å². The first kappa shape index (κ1) is 25.1. The Balaban J connectivity index is 1.55. The molecule has 1 aliphatic carbocycles. The molecule has 5 rings (SSSR count). The van der Waals surface area contributed by atoms with Crippen LogP contribution in [-0.4, -0.2) is 45.3 Å². The largest absolute Gasteiger partial charge is 0.404 e. The first-order chi connectivity index (χ1) is 17.6. The zero-order valence-corrected chi connectivity index (χ0v) is 20.2. The van der Waals surface area contributed by atoms with E-state index in [2.05, 4.69) is 9.98 Å². The molecule has 0 radical (unpaired) electrons. The quantitative estimate of drug-likeness (QED) is 0.405. The maximum absolute atomic E-state index is 14.8. The second-order valence-corrected chi connectivity index (χ2v) is 9.47. The molecule has 11 heteroatoms. The van der Waals surface area contributed by atoms with Crippen molar-refractivity contribution in [1.82, 2.24) is 14.4 Å². The van der Waals surface area contributed by atoms with Gasteiger partial charge in [0, 0.05) is 66.0 Å². The molecular formula is C26H25F4N5O2. The highest BCUT2D eigenvalue weighted by molar-refractivity contribution is 5.80. The van der Waals surface area contributed by atoms with Gasteiger partial charge in [-0.05, 0) is 38.8 Å². The standard InChI is InChI=1S/C26H25F4N5O2/c1-13-14(2)33-24-23(18-4-3-17(27)8-19(18)28)34-20(12-35(24)25(13)36)15-5-6-37-21(7-15)16(10-31)11-32-22-9-26(22,29)30/h3-4,8,10-12,15,21-22H,5-7,9,31H2,1-2H3/b16-10+,32-11?. The molecule has 1 saturated carbocycles. The molecule has 0 bridgehead atoms. The van der Waals surface area contributed by atoms with E-state index < -0.39 is 29.7 Å². The zero-order chi connectivity index (χ0) is 26.5. The monoisotopic (exact) mass is 515 g/mol. The number of aliphatic imine (C=N–C) groups is 1. The molecule has 0 amide bonds. The van der Waals surface area contributed by atoms with E-state index in [1.807, 2.05) is 0 Å². The number of ether oxygens (including phenoxy) is 1. The molecule has 0 spiro atoms. The lowest BCUT2D eigenvalue weighted by molar-refractivity contribution is 0.0319. The molecule has 3 unspecified atom stereocenters. The third-order valence-electron chi connectivity index (χ3n) is 6.95. The van der Waals surface area contributed by atoms with Crippen LogP contribution in [-0.2, 0) is 4.74 Å². The third kappa shape index (κ3) is 4.75. The number of halogens is 4. The van der Waals surface area contributed by atoms with Crippen molar-refractivity contribution in [2.75, 3.05) is 6.61 Å². The van der Waals surface area contributed by atoms with Crippen LogP contribution in [0.1, 0.15) is 42.1 Å². The van der Waals surface area contributed by atoms with Crippen molar-refractivity contribution in [2.45, 2.75) is 57.1 Å². The Morgan fingerprint density at radius 2 is 2.03 bits per heavy atom. The first-order valence-corrected chi connectivity index (χ1v) is 11.9. The number of alkyl halides is 2. The van der Waals surface area contributed by atoms with E-state index in [1.165, 1.54) is 22.9 Å². The number of benzene rings is 1. The Bertz CT molecular complexity index is 1500. The van der Waals surface area contributed by atoms with Gasteiger partial charge in [0.05, 0.1) is 11.8 Å². The summed E-state index contributed by atoms with van der Waals surface area (Å²) >= 11 is 0. The number of aromatic nitrogens is 3. The molecule has 1 saturated heterocycles. The summed E-state index contributed by atoms with van der Waals surface area (Å²) in [5, 5.41) is 0. The summed E-state index contributed by atoms with van der Waals surface area (Å²) in [6.07, 6.45) is 4.30. The van der Waals surface area contributed by atoms with E-state index in [4.69, 9.17) is 15.5 Å². The summed E-state index contributed by atoms with van der Waals surface area (Å²) in [7, 11) is 0. The van der Waals surface area contributed by atoms with Crippen molar-refractivity contribution in [1.29, 1.82) is 0 Å². The molecule has 2 aromatic heterocycles. The van der Waals surface area contributed by atoms with Crippen molar-refractivity contribution in [2.24, 2.45) is 10.7 Å². The van der Waals surface area contributed by atoms with E-state index in [-0.39, 0.29) is 34.8 Å². The molecule has 2 aliphatic rings. The molecule has 7 nitrogen and oxygen atoms in total. The topological polar surface area (TPSA) is 94.9 Å². The van der Waals surface area contributed by atoms with Gasteiger partial charge in [0.2, 0.25) is 0 Å². The highest BCUT2D eigenvalue weighted by Crippen LogP contribution is 2.44. The minimum absolute atomic E-state index is 0.0135. The fourth-order valence-corrected chi connectivity index (χ4v) is 4.48. The van der Waals surface area contributed by atoms with Crippen molar-refractivity contribution in [3.8, 4) is 11.3 Å². The summed E-state index contributed by atoms with van der Waals surface area (Å²) in [4.78, 5) is 26.3. The van der Waals surface area contributed by atoms with Crippen LogP contribution < -0.4 is 11.3 Å². The summed E-state index contributed by atoms with van der Waals surface area (Å²) < 4.78 is 62.1. The first-order valence-electron chi connectivity index (χ1n) is 11.9. The van der Waals surface area contributed by atoms with Gasteiger partial charge < -0.3 is 10.5 Å². The lowest BCUT2D eigenvalue weighted by Gasteiger charge is -2.30. The Labute approximate surface area is 209 Å². The number of rotatable bonds is 5. The van der Waals surface area contributed by atoms with Gasteiger partial charge in [-0.25, -0.2) is 27.5 Å². The number of hydrogen-bond acceptors (Lipinski definition) is 6. The average Bonchev–Trinajstić information content (AvgIpc) is 3.49. The van der Waals surface area contributed by atoms with Crippen LogP contribution >= 0.6 is 0 Å². The van der Waals surface area contributed by atoms with E-state index in [9.17, 15) is 22.4 Å². The second-order valence-electron chi connectivity index (χ2n) is 9.47. The molecule has 2 fully saturated rings. The average molecular weight is 516 g/mol. The minimum Gasteiger partial charge on any atom is -0.404 e. The summed E-state index contributed by atoms with van der Waals surface area (Å²) in [5.41, 5.74) is 7.59. The van der Waals surface area contributed by atoms with Gasteiger partial charge >= 0.3 is 0 Å². The smallest absolute Gasteiger partial charge is 0.272 e. The molecule has 194 valence electrons. The molecule has 37 heavy (non-hydrogen) atoms. The van der Waals surface area contributed by atoms with Gasteiger partial charge in [0.25, 0.3) is 11.5 Å². The van der Waals surface area contributed by atoms with Crippen LogP contribution in [0, 0.1) is 25.5 Å². The van der Waals surface area contributed by atoms with E-state index in [1.54, 1.807) is 20.0 Å². The van der Waals surface area contributed by atoms with Crippen molar-refractivity contribution < 1.29 is 22.3 Å². The Morgan fingerprint density at radius 1 is 1.27 bits per heavy atom. The van der Waals surface area contributed by atoms with Gasteiger partial charge in [0.15, 0.2) is 5.65 Å². The number of aryl methyl sites for hydroxylation is 1. The Morgan fingerprint density at radius 3 is 2.70 bits per heavy atom. The predicted octanol–water partition coefficient (Wildman–Crippen LogP) is 4.24. The van der Waals surface area contributed by atoms with Gasteiger partial charge in [-0.15, -0.1) is 0 Å². The Hall–Kier alpha value is -3.60. The zero-order valence-electron chi connectivity index (χ0n) is 20.2. The predicted molar refractivity (Wildman–Crippen MR) is 130 cm³/mol. The number of hydrogen-bond donors (Lipinski definition) is 1. The van der Waals surface area contributed by atoms with E-state index >= 15 is 0 Å². The Kier molecular flexibility index (Phi) is 6.35. The fraction of sp³-hybridized carbons (Fsp3) is 0.385. The summed E-state index contributed by atoms with van der Waals surface area (Å²) in [6.45, 7) is 3.65. The van der Waals surface area contributed by atoms with Gasteiger partial charge in [0.1, 0.15) is 23.4 Å². The number of nitrogens with two attached hydrogens (primary N) is 1. The summed E-state index contributed by atoms with van der Waals surface area (Å²) in [5.74, 6) is -4.59. The highest BCUT2D eigenvalue weighted by atomic mass is 19.3. The molecule has 3 aromatic rings. The van der Waals surface area contributed by atoms with Crippen molar-refractivity contribution in [3.05, 3.63) is 75.1 Å². The third-order valence-corrected chi connectivity index (χ3v) is 6.95. The van der Waals surface area contributed by atoms with Crippen LogP contribution in [0.3, 0.4) is 0 Å². The normalized spacial score (nSPS) is 23.6. The molecule has 3 heterocycles. The van der Waals surface area contributed by atoms with Crippen molar-refractivity contribution >= 4 is 11.9 Å². The number of fused-ring (bicyclic) bond motifs is 1. The second kappa shape index (κ2) is 9.37. The fourth-order valence-electron chi connectivity index (χ4n) is 4.48. The highest BCUT2D eigenvalue weighted by Gasteiger charge is 2.57. The van der Waals surface area contributed by atoms with E-state index in [0.29, 0.717) is 42.0 Å². The maximum atomic E-state index is 14.8. The van der Waals surface area contributed by atoms with Crippen LogP contribution in [0.25, 0.3) is 16.9 Å². The van der Waals surface area contributed by atoms with Crippen LogP contribution in [0.5, 0.6) is 0 Å². The van der Waals surface area contributed by atoms with Gasteiger partial charge in [-0.2, -0.15) is 0 Å². The van der Waals surface area contributed by atoms with Crippen LogP contribution in [0.2, 0.25) is 0 Å². The van der Waals surface area contributed by atoms with Gasteiger partial charge in [-0.1, -0.05) is 0 Å². The van der Waals surface area contributed by atoms with E-state index in [0.717, 1.165) is 12.1 Å². The summed E-state index contributed by atoms with van der Waals surface area (Å²) in [6, 6.07) is 2.09. The molecular weight excluding hydrogens is 490 g/mol. The molecule has 1 aromatic carbocycles. The molecule has 1 aliphatic heterocycles. The lowest BCUT2D eigenvalue weighted by Crippen LogP contribution is -2.29. The molecule has 3 atom stereocenters. The maximum Gasteiger partial charge on any atom is 0.272 e. The van der Waals surface area contributed by atoms with Gasteiger partial charge in [-0.3, -0.25) is 14.2 Å². The molecule has 2 N–H and O–H groups in total. The van der Waals surface area contributed by atoms with Crippen LogP contribution in [0.4, 0.5) is 17.6 Å². The number of nitrogens with zero attached hydrogens (tertiary/aromatic N) is 4. The minimum atomic E-state index is -2.79.